The second-order valence-electron chi connectivity index (χ2n) is 9.94. The van der Waals surface area contributed by atoms with Crippen LogP contribution in [0, 0.1) is 0 Å². The summed E-state index contributed by atoms with van der Waals surface area (Å²) in [5.41, 5.74) is -4.35. The minimum Gasteiger partial charge on any atom is -0.355 e. The van der Waals surface area contributed by atoms with Gasteiger partial charge in [-0.25, -0.2) is 28.1 Å². The monoisotopic (exact) mass is 651 g/mol. The second-order valence-corrected chi connectivity index (χ2v) is 15.3. The molecule has 0 atom stereocenters. The summed E-state index contributed by atoms with van der Waals surface area (Å²) in [6.07, 6.45) is 0.995. The molecule has 0 aliphatic heterocycles. The third-order valence-corrected chi connectivity index (χ3v) is 13.1. The van der Waals surface area contributed by atoms with Crippen molar-refractivity contribution in [3.63, 3.8) is 0 Å². The van der Waals surface area contributed by atoms with Crippen LogP contribution in [-0.4, -0.2) is 98.1 Å². The number of rotatable bonds is 24. The molecule has 1 aromatic heterocycles. The lowest BCUT2D eigenvalue weighted by molar-refractivity contribution is -0.181. The molecule has 1 heterocycles. The molecule has 1 rings (SSSR count). The molecule has 0 aromatic carbocycles. The Hall–Kier alpha value is -1.18. The zero-order valence-corrected chi connectivity index (χ0v) is 31.9. The van der Waals surface area contributed by atoms with E-state index in [1.807, 2.05) is 41.5 Å². The Balaban J connectivity index is 3.70. The van der Waals surface area contributed by atoms with Crippen molar-refractivity contribution >= 4 is 28.6 Å². The SMILES string of the molecule is CCOC(CCn1c(=O)n(CCC(OCC)(OCC)[SiH2]C)c(=O)n(CCC(OCC)(OCC)[SiH2]C)c1=O)(OCC)[SiH2]C. The Morgan fingerprint density at radius 3 is 0.786 bits per heavy atom. The van der Waals surface area contributed by atoms with Gasteiger partial charge in [-0.3, -0.25) is 0 Å². The van der Waals surface area contributed by atoms with Crippen LogP contribution in [0.25, 0.3) is 0 Å². The van der Waals surface area contributed by atoms with E-state index in [2.05, 4.69) is 19.6 Å². The molecular weight excluding hydrogens is 595 g/mol. The van der Waals surface area contributed by atoms with E-state index in [4.69, 9.17) is 28.4 Å². The van der Waals surface area contributed by atoms with Crippen LogP contribution >= 0.6 is 0 Å². The van der Waals surface area contributed by atoms with Gasteiger partial charge in [-0.1, -0.05) is 19.6 Å². The summed E-state index contributed by atoms with van der Waals surface area (Å²) in [6, 6.07) is 0. The summed E-state index contributed by atoms with van der Waals surface area (Å²) in [5.74, 6) is 0. The summed E-state index contributed by atoms with van der Waals surface area (Å²) < 4.78 is 39.5. The Bertz CT molecular complexity index is 912. The zero-order chi connectivity index (χ0) is 31.8. The highest BCUT2D eigenvalue weighted by atomic mass is 28.2. The van der Waals surface area contributed by atoms with Crippen LogP contribution in [0.15, 0.2) is 14.4 Å². The van der Waals surface area contributed by atoms with Crippen LogP contribution in [0.3, 0.4) is 0 Å². The first-order valence-electron chi connectivity index (χ1n) is 15.8. The second kappa shape index (κ2) is 19.3. The van der Waals surface area contributed by atoms with Crippen LogP contribution < -0.4 is 17.1 Å². The lowest BCUT2D eigenvalue weighted by atomic mass is 10.3. The van der Waals surface area contributed by atoms with Crippen LogP contribution in [0.4, 0.5) is 0 Å². The molecule has 0 radical (unpaired) electrons. The highest BCUT2D eigenvalue weighted by molar-refractivity contribution is 6.37. The van der Waals surface area contributed by atoms with Gasteiger partial charge in [0.15, 0.2) is 0 Å². The van der Waals surface area contributed by atoms with Gasteiger partial charge < -0.3 is 28.4 Å². The van der Waals surface area contributed by atoms with Crippen LogP contribution in [-0.2, 0) is 48.1 Å². The van der Waals surface area contributed by atoms with E-state index in [1.54, 1.807) is 0 Å². The highest BCUT2D eigenvalue weighted by Gasteiger charge is 2.33. The quantitative estimate of drug-likeness (QED) is 0.114. The summed E-state index contributed by atoms with van der Waals surface area (Å²) in [7, 11) is -2.55. The molecule has 0 unspecified atom stereocenters. The van der Waals surface area contributed by atoms with Crippen molar-refractivity contribution in [3.8, 4) is 0 Å². The standard InChI is InChI=1S/C27H57N3O9Si3/c1-10-34-25(40-7,35-11-2)16-19-28-22(31)29(20-17-26(41-8,36-12-3)37-13-4)24(33)30(23(28)32)21-18-27(42-9,38-14-5)39-15-6/h10-21,40-42H2,1-9H3. The van der Waals surface area contributed by atoms with Gasteiger partial charge in [0.05, 0.1) is 28.6 Å². The van der Waals surface area contributed by atoms with E-state index in [0.717, 1.165) is 13.7 Å². The predicted molar refractivity (Wildman–Crippen MR) is 174 cm³/mol. The molecule has 246 valence electrons. The third-order valence-electron chi connectivity index (χ3n) is 7.59. The molecule has 1 aromatic rings. The average Bonchev–Trinajstić information content (AvgIpc) is 2.97. The smallest absolute Gasteiger partial charge is 0.336 e. The number of ether oxygens (including phenoxy) is 6. The van der Waals surface area contributed by atoms with Crippen molar-refractivity contribution in [3.05, 3.63) is 31.5 Å². The lowest BCUT2D eigenvalue weighted by Crippen LogP contribution is -2.57. The Morgan fingerprint density at radius 1 is 0.452 bits per heavy atom. The van der Waals surface area contributed by atoms with Gasteiger partial charge in [-0.05, 0) is 41.5 Å². The largest absolute Gasteiger partial charge is 0.355 e. The summed E-state index contributed by atoms with van der Waals surface area (Å²) in [6.45, 7) is 20.6. The van der Waals surface area contributed by atoms with Crippen molar-refractivity contribution in [2.24, 2.45) is 0 Å². The van der Waals surface area contributed by atoms with Gasteiger partial charge >= 0.3 is 17.1 Å². The van der Waals surface area contributed by atoms with Gasteiger partial charge in [-0.2, -0.15) is 0 Å². The molecule has 0 amide bonds. The van der Waals surface area contributed by atoms with Crippen LogP contribution in [0.5, 0.6) is 0 Å². The number of hydrogen-bond acceptors (Lipinski definition) is 9. The average molecular weight is 652 g/mol. The van der Waals surface area contributed by atoms with E-state index in [1.165, 1.54) is 0 Å². The van der Waals surface area contributed by atoms with E-state index < -0.39 is 61.9 Å². The van der Waals surface area contributed by atoms with Gasteiger partial charge in [0.2, 0.25) is 0 Å². The Kier molecular flexibility index (Phi) is 17.8. The normalized spacial score (nSPS) is 13.6. The molecule has 0 saturated heterocycles. The molecule has 0 saturated carbocycles. The molecular formula is C27H57N3O9Si3. The molecule has 12 nitrogen and oxygen atoms in total. The number of nitrogens with zero attached hydrogens (tertiary/aromatic N) is 3. The predicted octanol–water partition coefficient (Wildman–Crippen LogP) is 0.173. The maximum absolute atomic E-state index is 13.8. The Morgan fingerprint density at radius 2 is 0.643 bits per heavy atom. The maximum Gasteiger partial charge on any atom is 0.336 e. The van der Waals surface area contributed by atoms with Gasteiger partial charge in [0, 0.05) is 78.5 Å². The fraction of sp³-hybridized carbons (Fsp3) is 0.889. The fourth-order valence-corrected chi connectivity index (χ4v) is 9.37. The van der Waals surface area contributed by atoms with Gasteiger partial charge in [-0.15, -0.1) is 0 Å². The minimum absolute atomic E-state index is 0.0635. The van der Waals surface area contributed by atoms with Gasteiger partial charge in [0.1, 0.15) is 16.2 Å². The number of hydrogen-bond donors (Lipinski definition) is 0. The lowest BCUT2D eigenvalue weighted by Gasteiger charge is -2.33. The van der Waals surface area contributed by atoms with Crippen LogP contribution in [0.1, 0.15) is 60.8 Å². The fourth-order valence-electron chi connectivity index (χ4n) is 5.38. The summed E-state index contributed by atoms with van der Waals surface area (Å²) in [4.78, 5) is 41.4. The van der Waals surface area contributed by atoms with Crippen molar-refractivity contribution in [1.29, 1.82) is 0 Å². The third kappa shape index (κ3) is 10.2. The van der Waals surface area contributed by atoms with E-state index in [0.29, 0.717) is 58.9 Å². The van der Waals surface area contributed by atoms with E-state index in [9.17, 15) is 14.4 Å². The molecule has 0 N–H and O–H groups in total. The highest BCUT2D eigenvalue weighted by Crippen LogP contribution is 2.20. The topological polar surface area (TPSA) is 121 Å². The minimum atomic E-state index is -0.849. The van der Waals surface area contributed by atoms with E-state index >= 15 is 0 Å². The Labute approximate surface area is 257 Å². The molecule has 42 heavy (non-hydrogen) atoms. The molecule has 15 heteroatoms. The summed E-state index contributed by atoms with van der Waals surface area (Å²) >= 11 is 0. The van der Waals surface area contributed by atoms with Crippen LogP contribution in [0.2, 0.25) is 19.6 Å². The molecule has 0 bridgehead atoms. The van der Waals surface area contributed by atoms with E-state index in [-0.39, 0.29) is 19.6 Å². The molecule has 0 fully saturated rings. The molecule has 0 aliphatic rings. The molecule has 0 aliphatic carbocycles. The maximum atomic E-state index is 13.8. The molecule has 0 spiro atoms. The van der Waals surface area contributed by atoms with Crippen molar-refractivity contribution in [2.45, 2.75) is 116 Å². The van der Waals surface area contributed by atoms with Crippen molar-refractivity contribution in [2.75, 3.05) is 39.6 Å². The first-order chi connectivity index (χ1) is 20.1. The van der Waals surface area contributed by atoms with Gasteiger partial charge in [0.25, 0.3) is 0 Å². The zero-order valence-electron chi connectivity index (χ0n) is 27.6. The first kappa shape index (κ1) is 38.8. The van der Waals surface area contributed by atoms with Crippen molar-refractivity contribution < 1.29 is 28.4 Å². The van der Waals surface area contributed by atoms with Crippen molar-refractivity contribution in [1.82, 2.24) is 13.7 Å². The number of aromatic nitrogens is 3. The summed E-state index contributed by atoms with van der Waals surface area (Å²) in [5, 5.41) is 0. The first-order valence-corrected chi connectivity index (χ1v) is 22.2.